The van der Waals surface area contributed by atoms with Crippen LogP contribution in [0.1, 0.15) is 37.0 Å². The first-order chi connectivity index (χ1) is 8.20. The van der Waals surface area contributed by atoms with Crippen LogP contribution in [0.15, 0.2) is 24.3 Å². The second kappa shape index (κ2) is 6.39. The normalized spacial score (nSPS) is 14.6. The molecule has 1 nitrogen and oxygen atoms in total. The van der Waals surface area contributed by atoms with Crippen molar-refractivity contribution in [1.29, 1.82) is 0 Å². The Hall–Kier alpha value is 0.630. The van der Waals surface area contributed by atoms with Crippen LogP contribution < -0.4 is 0 Å². The third-order valence-corrected chi connectivity index (χ3v) is 4.96. The Morgan fingerprint density at radius 3 is 2.28 bits per heavy atom. The second-order valence-corrected chi connectivity index (χ2v) is 7.58. The minimum atomic E-state index is -1.88. The van der Waals surface area contributed by atoms with Crippen LogP contribution in [0.5, 0.6) is 0 Å². The molecule has 0 fully saturated rings. The largest absolute Gasteiger partial charge is 0.228 e. The van der Waals surface area contributed by atoms with Crippen molar-refractivity contribution in [3.05, 3.63) is 35.4 Å². The van der Waals surface area contributed by atoms with E-state index in [2.05, 4.69) is 0 Å². The molecule has 0 heterocycles. The standard InChI is InChI=1S/C12H12Cl5O/c1-2-4-10(18)8-5-3-6-9(7-8)11(13,14)12(15,16)17/h3,5-7,10H,2,4H2,1H3. The van der Waals surface area contributed by atoms with Crippen molar-refractivity contribution >= 4 is 58.0 Å². The molecule has 1 aromatic carbocycles. The fourth-order valence-electron chi connectivity index (χ4n) is 1.53. The molecule has 0 saturated carbocycles. The highest BCUT2D eigenvalue weighted by Gasteiger charge is 2.47. The zero-order valence-corrected chi connectivity index (χ0v) is 13.4. The van der Waals surface area contributed by atoms with Gasteiger partial charge in [0.15, 0.2) is 4.33 Å². The van der Waals surface area contributed by atoms with Crippen molar-refractivity contribution < 1.29 is 5.11 Å². The van der Waals surface area contributed by atoms with Gasteiger partial charge in [-0.25, -0.2) is 5.11 Å². The van der Waals surface area contributed by atoms with Crippen molar-refractivity contribution in [3.8, 4) is 0 Å². The number of alkyl halides is 5. The van der Waals surface area contributed by atoms with Gasteiger partial charge in [0.05, 0.1) is 0 Å². The third kappa shape index (κ3) is 3.82. The maximum absolute atomic E-state index is 11.9. The molecule has 101 valence electrons. The van der Waals surface area contributed by atoms with Gasteiger partial charge >= 0.3 is 0 Å². The number of hydrogen-bond donors (Lipinski definition) is 0. The summed E-state index contributed by atoms with van der Waals surface area (Å²) in [6, 6.07) is 6.62. The SMILES string of the molecule is CCCC([O])c1cccc(C(Cl)(Cl)C(Cl)(Cl)Cl)c1. The Morgan fingerprint density at radius 2 is 1.78 bits per heavy atom. The highest BCUT2D eigenvalue weighted by molar-refractivity contribution is 6.75. The molecular weight excluding hydrogens is 337 g/mol. The Labute approximate surface area is 132 Å². The number of benzene rings is 1. The average Bonchev–Trinajstić information content (AvgIpc) is 2.28. The molecule has 6 heteroatoms. The van der Waals surface area contributed by atoms with E-state index in [1.54, 1.807) is 24.3 Å². The van der Waals surface area contributed by atoms with Gasteiger partial charge < -0.3 is 0 Å². The van der Waals surface area contributed by atoms with Crippen LogP contribution in [0.3, 0.4) is 0 Å². The molecule has 0 N–H and O–H groups in total. The molecule has 0 saturated heterocycles. The van der Waals surface area contributed by atoms with Gasteiger partial charge in [0, 0.05) is 0 Å². The van der Waals surface area contributed by atoms with Gasteiger partial charge in [0.1, 0.15) is 6.10 Å². The lowest BCUT2D eigenvalue weighted by atomic mass is 10.0. The summed E-state index contributed by atoms with van der Waals surface area (Å²) < 4.78 is -3.57. The molecule has 1 atom stereocenters. The first-order valence-electron chi connectivity index (χ1n) is 5.41. The topological polar surface area (TPSA) is 19.9 Å². The summed E-state index contributed by atoms with van der Waals surface area (Å²) in [7, 11) is 0. The Balaban J connectivity index is 3.09. The monoisotopic (exact) mass is 347 g/mol. The van der Waals surface area contributed by atoms with Gasteiger partial charge in [-0.3, -0.25) is 0 Å². The van der Waals surface area contributed by atoms with Gasteiger partial charge in [-0.2, -0.15) is 0 Å². The van der Waals surface area contributed by atoms with Crippen molar-refractivity contribution in [1.82, 2.24) is 0 Å². The Kier molecular flexibility index (Phi) is 5.92. The summed E-state index contributed by atoms with van der Waals surface area (Å²) >= 11 is 29.3. The van der Waals surface area contributed by atoms with Crippen LogP contribution in [0.25, 0.3) is 0 Å². The van der Waals surface area contributed by atoms with Crippen molar-refractivity contribution in [3.63, 3.8) is 0 Å². The van der Waals surface area contributed by atoms with Crippen molar-refractivity contribution in [2.24, 2.45) is 0 Å². The number of hydrogen-bond acceptors (Lipinski definition) is 0. The molecule has 0 aliphatic rings. The minimum Gasteiger partial charge on any atom is -0.228 e. The minimum absolute atomic E-state index is 0.403. The lowest BCUT2D eigenvalue weighted by Crippen LogP contribution is -2.28. The van der Waals surface area contributed by atoms with Crippen LogP contribution in [0.2, 0.25) is 0 Å². The van der Waals surface area contributed by atoms with Crippen LogP contribution in [-0.4, -0.2) is 3.79 Å². The second-order valence-electron chi connectivity index (χ2n) is 3.97. The zero-order valence-electron chi connectivity index (χ0n) is 9.60. The van der Waals surface area contributed by atoms with Crippen LogP contribution in [-0.2, 0) is 9.44 Å². The van der Waals surface area contributed by atoms with E-state index in [9.17, 15) is 5.11 Å². The van der Waals surface area contributed by atoms with Crippen LogP contribution in [0, 0.1) is 0 Å². The van der Waals surface area contributed by atoms with E-state index in [0.29, 0.717) is 17.5 Å². The van der Waals surface area contributed by atoms with E-state index in [1.165, 1.54) is 0 Å². The van der Waals surface area contributed by atoms with Crippen LogP contribution in [0.4, 0.5) is 0 Å². The molecule has 1 radical (unpaired) electrons. The maximum atomic E-state index is 11.9. The number of rotatable bonds is 4. The molecular formula is C12H12Cl5O. The van der Waals surface area contributed by atoms with Gasteiger partial charge in [0.25, 0.3) is 0 Å². The molecule has 0 aromatic heterocycles. The van der Waals surface area contributed by atoms with Crippen molar-refractivity contribution in [2.75, 3.05) is 0 Å². The summed E-state index contributed by atoms with van der Waals surface area (Å²) in [5.74, 6) is 0. The summed E-state index contributed by atoms with van der Waals surface area (Å²) in [4.78, 5) is 0. The fraction of sp³-hybridized carbons (Fsp3) is 0.500. The van der Waals surface area contributed by atoms with Gasteiger partial charge in [-0.15, -0.1) is 0 Å². The summed E-state index contributed by atoms with van der Waals surface area (Å²) in [6.07, 6.45) is 0.513. The maximum Gasteiger partial charge on any atom is 0.227 e. The summed E-state index contributed by atoms with van der Waals surface area (Å²) in [5, 5.41) is 11.9. The molecule has 1 aromatic rings. The molecule has 1 unspecified atom stereocenters. The first-order valence-corrected chi connectivity index (χ1v) is 7.30. The first kappa shape index (κ1) is 16.7. The average molecular weight is 349 g/mol. The Morgan fingerprint density at radius 1 is 1.17 bits per heavy atom. The van der Waals surface area contributed by atoms with E-state index < -0.39 is 14.2 Å². The Bertz CT molecular complexity index is 400. The molecule has 0 aliphatic carbocycles. The third-order valence-electron chi connectivity index (χ3n) is 2.53. The van der Waals surface area contributed by atoms with Gasteiger partial charge in [0.2, 0.25) is 3.79 Å². The molecule has 18 heavy (non-hydrogen) atoms. The molecule has 0 spiro atoms. The van der Waals surface area contributed by atoms with E-state index in [4.69, 9.17) is 58.0 Å². The molecule has 0 amide bonds. The fourth-order valence-corrected chi connectivity index (χ4v) is 2.09. The molecule has 0 aliphatic heterocycles. The smallest absolute Gasteiger partial charge is 0.227 e. The summed E-state index contributed by atoms with van der Waals surface area (Å²) in [6.45, 7) is 1.95. The van der Waals surface area contributed by atoms with E-state index in [0.717, 1.165) is 6.42 Å². The van der Waals surface area contributed by atoms with E-state index in [-0.39, 0.29) is 0 Å². The highest BCUT2D eigenvalue weighted by atomic mass is 35.6. The predicted octanol–water partition coefficient (Wildman–Crippen LogP) is 5.96. The van der Waals surface area contributed by atoms with Crippen LogP contribution >= 0.6 is 58.0 Å². The van der Waals surface area contributed by atoms with Crippen molar-refractivity contribution in [2.45, 2.75) is 34.0 Å². The van der Waals surface area contributed by atoms with Gasteiger partial charge in [-0.05, 0) is 23.6 Å². The predicted molar refractivity (Wildman–Crippen MR) is 78.5 cm³/mol. The zero-order chi connectivity index (χ0) is 14.0. The highest BCUT2D eigenvalue weighted by Crippen LogP contribution is 2.53. The van der Waals surface area contributed by atoms with Gasteiger partial charge in [-0.1, -0.05) is 89.5 Å². The van der Waals surface area contributed by atoms with E-state index in [1.807, 2.05) is 6.92 Å². The lowest BCUT2D eigenvalue weighted by Gasteiger charge is -2.28. The van der Waals surface area contributed by atoms with E-state index >= 15 is 0 Å². The molecule has 0 bridgehead atoms. The summed E-state index contributed by atoms with van der Waals surface area (Å²) in [5.41, 5.74) is 0.995. The number of halogens is 5. The quantitative estimate of drug-likeness (QED) is 0.598. The molecule has 1 rings (SSSR count). The lowest BCUT2D eigenvalue weighted by molar-refractivity contribution is 0.0804.